The summed E-state index contributed by atoms with van der Waals surface area (Å²) in [5.74, 6) is -0.00520. The van der Waals surface area contributed by atoms with Crippen molar-refractivity contribution in [1.82, 2.24) is 15.5 Å². The molecule has 0 bridgehead atoms. The van der Waals surface area contributed by atoms with Gasteiger partial charge in [-0.25, -0.2) is 4.79 Å². The molecule has 5 nitrogen and oxygen atoms in total. The van der Waals surface area contributed by atoms with Gasteiger partial charge in [0.05, 0.1) is 0 Å². The van der Waals surface area contributed by atoms with Crippen molar-refractivity contribution in [2.75, 3.05) is 19.6 Å². The molecule has 19 heavy (non-hydrogen) atoms. The average Bonchev–Trinajstić information content (AvgIpc) is 2.38. The highest BCUT2D eigenvalue weighted by molar-refractivity contribution is 5.75. The maximum Gasteiger partial charge on any atom is 0.315 e. The first kappa shape index (κ1) is 15.5. The fourth-order valence-electron chi connectivity index (χ4n) is 2.32. The zero-order valence-electron chi connectivity index (χ0n) is 11.8. The standard InChI is InChI=1S/C14H25N3O2/c1-3-10-17(12(2)18)11-9-15-14(19)16-13-7-5-4-6-8-13/h3,13H,1,4-11H2,2H3,(H2,15,16,19). The van der Waals surface area contributed by atoms with Crippen LogP contribution in [-0.4, -0.2) is 42.5 Å². The molecule has 0 saturated heterocycles. The van der Waals surface area contributed by atoms with Crippen LogP contribution in [0.1, 0.15) is 39.0 Å². The third-order valence-electron chi connectivity index (χ3n) is 3.40. The second-order valence-corrected chi connectivity index (χ2v) is 4.99. The lowest BCUT2D eigenvalue weighted by Crippen LogP contribution is -2.45. The van der Waals surface area contributed by atoms with Crippen molar-refractivity contribution >= 4 is 11.9 Å². The Morgan fingerprint density at radius 3 is 2.58 bits per heavy atom. The van der Waals surface area contributed by atoms with Crippen molar-refractivity contribution in [1.29, 1.82) is 0 Å². The topological polar surface area (TPSA) is 61.4 Å². The van der Waals surface area contributed by atoms with E-state index in [9.17, 15) is 9.59 Å². The van der Waals surface area contributed by atoms with Gasteiger partial charge in [0, 0.05) is 32.6 Å². The normalized spacial score (nSPS) is 15.6. The third kappa shape index (κ3) is 6.27. The summed E-state index contributed by atoms with van der Waals surface area (Å²) in [5.41, 5.74) is 0. The third-order valence-corrected chi connectivity index (χ3v) is 3.40. The molecular weight excluding hydrogens is 242 g/mol. The Bertz CT molecular complexity index is 312. The maximum atomic E-state index is 11.7. The summed E-state index contributed by atoms with van der Waals surface area (Å²) in [7, 11) is 0. The van der Waals surface area contributed by atoms with Crippen LogP contribution >= 0.6 is 0 Å². The van der Waals surface area contributed by atoms with Crippen molar-refractivity contribution in [2.45, 2.75) is 45.1 Å². The van der Waals surface area contributed by atoms with Gasteiger partial charge in [0.2, 0.25) is 5.91 Å². The predicted molar refractivity (Wildman–Crippen MR) is 75.9 cm³/mol. The summed E-state index contributed by atoms with van der Waals surface area (Å²) >= 11 is 0. The van der Waals surface area contributed by atoms with Gasteiger partial charge in [0.15, 0.2) is 0 Å². The molecule has 0 atom stereocenters. The molecule has 108 valence electrons. The molecule has 1 saturated carbocycles. The molecule has 0 spiro atoms. The molecule has 0 heterocycles. The first-order valence-electron chi connectivity index (χ1n) is 7.04. The molecule has 1 aliphatic carbocycles. The van der Waals surface area contributed by atoms with E-state index >= 15 is 0 Å². The van der Waals surface area contributed by atoms with Crippen LogP contribution in [0.15, 0.2) is 12.7 Å². The molecule has 1 aliphatic rings. The summed E-state index contributed by atoms with van der Waals surface area (Å²) in [6.45, 7) is 6.62. The number of hydrogen-bond donors (Lipinski definition) is 2. The smallest absolute Gasteiger partial charge is 0.315 e. The van der Waals surface area contributed by atoms with E-state index in [0.717, 1.165) is 12.8 Å². The van der Waals surface area contributed by atoms with Crippen LogP contribution in [0.2, 0.25) is 0 Å². The van der Waals surface area contributed by atoms with Gasteiger partial charge in [-0.05, 0) is 12.8 Å². The lowest BCUT2D eigenvalue weighted by atomic mass is 9.96. The van der Waals surface area contributed by atoms with Gasteiger partial charge in [-0.3, -0.25) is 4.79 Å². The molecule has 0 radical (unpaired) electrons. The number of amides is 3. The quantitative estimate of drug-likeness (QED) is 0.719. The van der Waals surface area contributed by atoms with E-state index in [4.69, 9.17) is 0 Å². The fraction of sp³-hybridized carbons (Fsp3) is 0.714. The van der Waals surface area contributed by atoms with Crippen LogP contribution in [0.4, 0.5) is 4.79 Å². The maximum absolute atomic E-state index is 11.7. The van der Waals surface area contributed by atoms with Crippen molar-refractivity contribution in [3.8, 4) is 0 Å². The van der Waals surface area contributed by atoms with Crippen LogP contribution < -0.4 is 10.6 Å². The fourth-order valence-corrected chi connectivity index (χ4v) is 2.32. The van der Waals surface area contributed by atoms with E-state index in [-0.39, 0.29) is 11.9 Å². The second kappa shape index (κ2) is 8.56. The van der Waals surface area contributed by atoms with Gasteiger partial charge in [0.1, 0.15) is 0 Å². The SMILES string of the molecule is C=CCN(CCNC(=O)NC1CCCCC1)C(C)=O. The largest absolute Gasteiger partial charge is 0.337 e. The van der Waals surface area contributed by atoms with Crippen molar-refractivity contribution in [3.05, 3.63) is 12.7 Å². The Balaban J connectivity index is 2.18. The van der Waals surface area contributed by atoms with Gasteiger partial charge in [0.25, 0.3) is 0 Å². The molecule has 0 aliphatic heterocycles. The van der Waals surface area contributed by atoms with Crippen molar-refractivity contribution in [2.24, 2.45) is 0 Å². The van der Waals surface area contributed by atoms with Crippen molar-refractivity contribution in [3.63, 3.8) is 0 Å². The van der Waals surface area contributed by atoms with Gasteiger partial charge >= 0.3 is 6.03 Å². The molecule has 3 amide bonds. The Kier molecular flexibility index (Phi) is 7.00. The van der Waals surface area contributed by atoms with Gasteiger partial charge in [-0.2, -0.15) is 0 Å². The lowest BCUT2D eigenvalue weighted by molar-refractivity contribution is -0.128. The number of carbonyl (C=O) groups excluding carboxylic acids is 2. The minimum atomic E-state index is -0.131. The minimum absolute atomic E-state index is 0.00520. The zero-order chi connectivity index (χ0) is 14.1. The number of carbonyl (C=O) groups is 2. The molecule has 5 heteroatoms. The molecular formula is C14H25N3O2. The molecule has 0 aromatic rings. The lowest BCUT2D eigenvalue weighted by Gasteiger charge is -2.23. The zero-order valence-corrected chi connectivity index (χ0v) is 11.8. The van der Waals surface area contributed by atoms with E-state index in [2.05, 4.69) is 17.2 Å². The highest BCUT2D eigenvalue weighted by atomic mass is 16.2. The van der Waals surface area contributed by atoms with Crippen LogP contribution in [-0.2, 0) is 4.79 Å². The number of nitrogens with zero attached hydrogens (tertiary/aromatic N) is 1. The molecule has 1 rings (SSSR count). The Morgan fingerprint density at radius 2 is 2.00 bits per heavy atom. The highest BCUT2D eigenvalue weighted by Crippen LogP contribution is 2.16. The van der Waals surface area contributed by atoms with E-state index in [1.807, 2.05) is 0 Å². The predicted octanol–water partition coefficient (Wildman–Crippen LogP) is 1.65. The Morgan fingerprint density at radius 1 is 1.32 bits per heavy atom. The summed E-state index contributed by atoms with van der Waals surface area (Å²) < 4.78 is 0. The number of nitrogens with one attached hydrogen (secondary N) is 2. The van der Waals surface area contributed by atoms with Crippen LogP contribution in [0.5, 0.6) is 0 Å². The number of urea groups is 1. The molecule has 1 fully saturated rings. The van der Waals surface area contributed by atoms with E-state index < -0.39 is 0 Å². The number of hydrogen-bond acceptors (Lipinski definition) is 2. The molecule has 2 N–H and O–H groups in total. The molecule has 0 aromatic carbocycles. The summed E-state index contributed by atoms with van der Waals surface area (Å²) in [5, 5.41) is 5.78. The summed E-state index contributed by atoms with van der Waals surface area (Å²) in [6.07, 6.45) is 7.50. The van der Waals surface area contributed by atoms with Crippen LogP contribution in [0, 0.1) is 0 Å². The monoisotopic (exact) mass is 267 g/mol. The number of rotatable bonds is 6. The molecule has 0 unspecified atom stereocenters. The highest BCUT2D eigenvalue weighted by Gasteiger charge is 2.15. The first-order valence-corrected chi connectivity index (χ1v) is 7.04. The van der Waals surface area contributed by atoms with Crippen molar-refractivity contribution < 1.29 is 9.59 Å². The second-order valence-electron chi connectivity index (χ2n) is 4.99. The van der Waals surface area contributed by atoms with Gasteiger partial charge in [-0.1, -0.05) is 25.3 Å². The van der Waals surface area contributed by atoms with Gasteiger partial charge in [-0.15, -0.1) is 6.58 Å². The van der Waals surface area contributed by atoms with E-state index in [0.29, 0.717) is 25.7 Å². The van der Waals surface area contributed by atoms with Gasteiger partial charge < -0.3 is 15.5 Å². The first-order chi connectivity index (χ1) is 9.13. The average molecular weight is 267 g/mol. The summed E-state index contributed by atoms with van der Waals surface area (Å²) in [4.78, 5) is 24.6. The molecule has 0 aromatic heterocycles. The Hall–Kier alpha value is -1.52. The van der Waals surface area contributed by atoms with E-state index in [1.54, 1.807) is 11.0 Å². The Labute approximate surface area is 115 Å². The van der Waals surface area contributed by atoms with Crippen LogP contribution in [0.3, 0.4) is 0 Å². The van der Waals surface area contributed by atoms with Crippen LogP contribution in [0.25, 0.3) is 0 Å². The van der Waals surface area contributed by atoms with E-state index in [1.165, 1.54) is 26.2 Å². The summed E-state index contributed by atoms with van der Waals surface area (Å²) in [6, 6.07) is 0.180. The minimum Gasteiger partial charge on any atom is -0.337 e.